The van der Waals surface area contributed by atoms with Crippen LogP contribution in [0.15, 0.2) is 11.0 Å². The zero-order chi connectivity index (χ0) is 16.5. The van der Waals surface area contributed by atoms with Crippen molar-refractivity contribution in [1.82, 2.24) is 10.0 Å². The van der Waals surface area contributed by atoms with Crippen molar-refractivity contribution in [3.05, 3.63) is 28.3 Å². The summed E-state index contributed by atoms with van der Waals surface area (Å²) in [6.45, 7) is 12.3. The van der Waals surface area contributed by atoms with Crippen LogP contribution in [0, 0.1) is 33.1 Å². The fourth-order valence-electron chi connectivity index (χ4n) is 3.13. The first-order valence-corrected chi connectivity index (χ1v) is 9.42. The maximum atomic E-state index is 12.8. The van der Waals surface area contributed by atoms with Crippen molar-refractivity contribution in [3.8, 4) is 0 Å². The van der Waals surface area contributed by atoms with Crippen LogP contribution in [0.2, 0.25) is 0 Å². The molecule has 0 spiro atoms. The summed E-state index contributed by atoms with van der Waals surface area (Å²) in [5.74, 6) is 0. The van der Waals surface area contributed by atoms with Crippen LogP contribution in [0.4, 0.5) is 0 Å². The second-order valence-corrected chi connectivity index (χ2v) is 8.68. The Bertz CT molecular complexity index is 633. The number of hydrogen-bond acceptors (Lipinski definition) is 3. The van der Waals surface area contributed by atoms with Gasteiger partial charge in [-0.25, -0.2) is 13.1 Å². The predicted octanol–water partition coefficient (Wildman–Crippen LogP) is 2.59. The molecule has 0 aromatic heterocycles. The molecule has 0 bridgehead atoms. The Labute approximate surface area is 134 Å². The van der Waals surface area contributed by atoms with E-state index in [-0.39, 0.29) is 5.41 Å². The molecule has 0 saturated carbocycles. The van der Waals surface area contributed by atoms with Gasteiger partial charge in [-0.1, -0.05) is 13.0 Å². The summed E-state index contributed by atoms with van der Waals surface area (Å²) in [7, 11) is -3.47. The Morgan fingerprint density at radius 3 is 2.09 bits per heavy atom. The van der Waals surface area contributed by atoms with Crippen molar-refractivity contribution in [2.45, 2.75) is 52.4 Å². The van der Waals surface area contributed by atoms with Gasteiger partial charge in [0, 0.05) is 6.54 Å². The maximum absolute atomic E-state index is 12.8. The van der Waals surface area contributed by atoms with Gasteiger partial charge in [-0.05, 0) is 81.3 Å². The van der Waals surface area contributed by atoms with Gasteiger partial charge >= 0.3 is 0 Å². The van der Waals surface area contributed by atoms with Crippen LogP contribution in [0.25, 0.3) is 0 Å². The molecule has 5 heteroatoms. The number of sulfonamides is 1. The van der Waals surface area contributed by atoms with E-state index in [9.17, 15) is 8.42 Å². The molecule has 2 rings (SSSR count). The van der Waals surface area contributed by atoms with Crippen molar-refractivity contribution < 1.29 is 8.42 Å². The Morgan fingerprint density at radius 2 is 1.59 bits per heavy atom. The second-order valence-electron chi connectivity index (χ2n) is 6.97. The minimum Gasteiger partial charge on any atom is -0.317 e. The zero-order valence-corrected chi connectivity index (χ0v) is 15.2. The van der Waals surface area contributed by atoms with Crippen LogP contribution < -0.4 is 10.0 Å². The van der Waals surface area contributed by atoms with Gasteiger partial charge in [0.2, 0.25) is 10.0 Å². The van der Waals surface area contributed by atoms with E-state index in [1.54, 1.807) is 0 Å². The topological polar surface area (TPSA) is 58.2 Å². The van der Waals surface area contributed by atoms with Gasteiger partial charge in [-0.15, -0.1) is 0 Å². The van der Waals surface area contributed by atoms with Crippen LogP contribution in [0.1, 0.15) is 42.0 Å². The van der Waals surface area contributed by atoms with E-state index in [0.717, 1.165) is 48.2 Å². The van der Waals surface area contributed by atoms with Gasteiger partial charge in [0.05, 0.1) is 4.90 Å². The lowest BCUT2D eigenvalue weighted by Gasteiger charge is -2.34. The first kappa shape index (κ1) is 17.4. The molecule has 22 heavy (non-hydrogen) atoms. The number of benzene rings is 1. The largest absolute Gasteiger partial charge is 0.317 e. The fraction of sp³-hybridized carbons (Fsp3) is 0.647. The Kier molecular flexibility index (Phi) is 5.00. The molecule has 0 amide bonds. The highest BCUT2D eigenvalue weighted by molar-refractivity contribution is 7.89. The van der Waals surface area contributed by atoms with Gasteiger partial charge < -0.3 is 5.32 Å². The average Bonchev–Trinajstić information content (AvgIpc) is 2.44. The third kappa shape index (κ3) is 3.53. The van der Waals surface area contributed by atoms with Crippen molar-refractivity contribution >= 4 is 10.0 Å². The minimum absolute atomic E-state index is 0.0407. The van der Waals surface area contributed by atoms with Crippen LogP contribution in [-0.2, 0) is 10.0 Å². The molecule has 0 unspecified atom stereocenters. The SMILES string of the molecule is Cc1cc(C)c(C)c(S(=O)(=O)NCC2(C)CCNCC2)c1C. The standard InChI is InChI=1S/C17H28N2O2S/c1-12-10-13(2)15(4)16(14(12)3)22(20,21)19-11-17(5)6-8-18-9-7-17/h10,18-19H,6-9,11H2,1-5H3. The van der Waals surface area contributed by atoms with E-state index in [2.05, 4.69) is 23.0 Å². The highest BCUT2D eigenvalue weighted by Crippen LogP contribution is 2.29. The van der Waals surface area contributed by atoms with Crippen LogP contribution in [0.5, 0.6) is 0 Å². The predicted molar refractivity (Wildman–Crippen MR) is 90.8 cm³/mol. The molecule has 1 aliphatic rings. The summed E-state index contributed by atoms with van der Waals surface area (Å²) in [5.41, 5.74) is 3.80. The molecule has 0 radical (unpaired) electrons. The summed E-state index contributed by atoms with van der Waals surface area (Å²) >= 11 is 0. The molecule has 2 N–H and O–H groups in total. The van der Waals surface area contributed by atoms with Gasteiger partial charge in [-0.3, -0.25) is 0 Å². The third-order valence-electron chi connectivity index (χ3n) is 5.07. The molecule has 124 valence electrons. The lowest BCUT2D eigenvalue weighted by molar-refractivity contribution is 0.232. The third-order valence-corrected chi connectivity index (χ3v) is 6.74. The lowest BCUT2D eigenvalue weighted by atomic mass is 9.81. The molecular formula is C17H28N2O2S. The summed E-state index contributed by atoms with van der Waals surface area (Å²) in [6.07, 6.45) is 2.00. The van der Waals surface area contributed by atoms with Crippen molar-refractivity contribution in [2.75, 3.05) is 19.6 Å². The van der Waals surface area contributed by atoms with E-state index in [0.29, 0.717) is 11.4 Å². The molecule has 1 fully saturated rings. The molecule has 1 aromatic carbocycles. The average molecular weight is 324 g/mol. The molecule has 1 saturated heterocycles. The summed E-state index contributed by atoms with van der Waals surface area (Å²) in [4.78, 5) is 0.461. The number of aryl methyl sites for hydroxylation is 2. The van der Waals surface area contributed by atoms with E-state index < -0.39 is 10.0 Å². The molecular weight excluding hydrogens is 296 g/mol. The van der Waals surface area contributed by atoms with E-state index >= 15 is 0 Å². The van der Waals surface area contributed by atoms with Crippen LogP contribution >= 0.6 is 0 Å². The Morgan fingerprint density at radius 1 is 1.09 bits per heavy atom. The maximum Gasteiger partial charge on any atom is 0.241 e. The quantitative estimate of drug-likeness (QED) is 0.895. The van der Waals surface area contributed by atoms with Crippen LogP contribution in [0.3, 0.4) is 0 Å². The van der Waals surface area contributed by atoms with Gasteiger partial charge in [-0.2, -0.15) is 0 Å². The van der Waals surface area contributed by atoms with Crippen LogP contribution in [-0.4, -0.2) is 28.1 Å². The highest BCUT2D eigenvalue weighted by Gasteiger charge is 2.30. The molecule has 4 nitrogen and oxygen atoms in total. The summed E-state index contributed by atoms with van der Waals surface area (Å²) < 4.78 is 28.5. The molecule has 0 aliphatic carbocycles. The number of nitrogens with one attached hydrogen (secondary N) is 2. The number of piperidine rings is 1. The summed E-state index contributed by atoms with van der Waals surface area (Å²) in [6, 6.07) is 2.05. The normalized spacial score (nSPS) is 18.4. The van der Waals surface area contributed by atoms with Crippen molar-refractivity contribution in [3.63, 3.8) is 0 Å². The second kappa shape index (κ2) is 6.30. The molecule has 1 aliphatic heterocycles. The van der Waals surface area contributed by atoms with Gasteiger partial charge in [0.15, 0.2) is 0 Å². The molecule has 1 aromatic rings. The van der Waals surface area contributed by atoms with Crippen molar-refractivity contribution in [2.24, 2.45) is 5.41 Å². The van der Waals surface area contributed by atoms with E-state index in [1.165, 1.54) is 0 Å². The van der Waals surface area contributed by atoms with Gasteiger partial charge in [0.1, 0.15) is 0 Å². The zero-order valence-electron chi connectivity index (χ0n) is 14.3. The first-order chi connectivity index (χ1) is 10.2. The monoisotopic (exact) mass is 324 g/mol. The molecule has 1 heterocycles. The highest BCUT2D eigenvalue weighted by atomic mass is 32.2. The lowest BCUT2D eigenvalue weighted by Crippen LogP contribution is -2.43. The van der Waals surface area contributed by atoms with Crippen molar-refractivity contribution in [1.29, 1.82) is 0 Å². The minimum atomic E-state index is -3.47. The van der Waals surface area contributed by atoms with E-state index in [4.69, 9.17) is 0 Å². The fourth-order valence-corrected chi connectivity index (χ4v) is 4.94. The first-order valence-electron chi connectivity index (χ1n) is 7.94. The number of hydrogen-bond donors (Lipinski definition) is 2. The Hall–Kier alpha value is -0.910. The molecule has 0 atom stereocenters. The van der Waals surface area contributed by atoms with E-state index in [1.807, 2.05) is 27.7 Å². The smallest absolute Gasteiger partial charge is 0.241 e. The number of rotatable bonds is 4. The van der Waals surface area contributed by atoms with Gasteiger partial charge in [0.25, 0.3) is 0 Å². The summed E-state index contributed by atoms with van der Waals surface area (Å²) in [5, 5.41) is 3.32. The Balaban J connectivity index is 2.28.